The van der Waals surface area contributed by atoms with Crippen molar-refractivity contribution < 1.29 is 19.1 Å². The molecule has 2 aromatic carbocycles. The minimum Gasteiger partial charge on any atom is -0.444 e. The number of amides is 2. The molecule has 3 aliphatic rings. The number of hydrogen-bond donors (Lipinski definition) is 2. The van der Waals surface area contributed by atoms with Gasteiger partial charge in [0.05, 0.1) is 29.8 Å². The van der Waals surface area contributed by atoms with E-state index in [2.05, 4.69) is 69.6 Å². The van der Waals surface area contributed by atoms with E-state index in [1.165, 1.54) is 18.4 Å². The molecule has 10 heteroatoms. The summed E-state index contributed by atoms with van der Waals surface area (Å²) in [5.41, 5.74) is 6.25. The number of H-pyrrole nitrogens is 2. The summed E-state index contributed by atoms with van der Waals surface area (Å²) in [7, 11) is 0. The number of ether oxygens (including phenoxy) is 2. The Labute approximate surface area is 287 Å². The lowest BCUT2D eigenvalue weighted by molar-refractivity contribution is 0.0213. The number of nitrogens with zero attached hydrogens (tertiary/aromatic N) is 4. The summed E-state index contributed by atoms with van der Waals surface area (Å²) in [6.07, 6.45) is 9.38. The van der Waals surface area contributed by atoms with Gasteiger partial charge in [0.15, 0.2) is 0 Å². The minimum absolute atomic E-state index is 0.119. The maximum absolute atomic E-state index is 13.1. The van der Waals surface area contributed by atoms with Crippen LogP contribution in [0.2, 0.25) is 0 Å². The molecule has 2 amide bonds. The Kier molecular flexibility index (Phi) is 8.37. The van der Waals surface area contributed by atoms with Crippen LogP contribution in [-0.4, -0.2) is 66.2 Å². The zero-order valence-electron chi connectivity index (χ0n) is 29.2. The maximum Gasteiger partial charge on any atom is 0.411 e. The third kappa shape index (κ3) is 7.28. The van der Waals surface area contributed by atoms with Gasteiger partial charge in [-0.2, -0.15) is 0 Å². The SMILES string of the molecule is CC(C)(C)OC(=O)N1CC(C2CC2)=CC1c1ncc(-c2ccc(-c3ccc(-c4cnc([C@@H]5CCCN5C(=O)OC(C)(C)C)[nH]4)cc3)cc2)[nH]1. The number of rotatable bonds is 6. The van der Waals surface area contributed by atoms with Crippen molar-refractivity contribution in [2.24, 2.45) is 5.92 Å². The zero-order chi connectivity index (χ0) is 34.5. The Bertz CT molecular complexity index is 1850. The molecule has 2 aliphatic heterocycles. The van der Waals surface area contributed by atoms with Crippen LogP contribution in [-0.2, 0) is 9.47 Å². The number of nitrogens with one attached hydrogen (secondary N) is 2. The second kappa shape index (κ2) is 12.5. The molecular formula is C39H46N6O4. The number of imidazole rings is 2. The van der Waals surface area contributed by atoms with E-state index in [0.717, 1.165) is 58.1 Å². The summed E-state index contributed by atoms with van der Waals surface area (Å²) < 4.78 is 11.4. The van der Waals surface area contributed by atoms with E-state index < -0.39 is 11.2 Å². The number of carbonyl (C=O) groups excluding carboxylic acids is 2. The second-order valence-electron chi connectivity index (χ2n) is 15.4. The molecule has 2 atom stereocenters. The minimum atomic E-state index is -0.564. The van der Waals surface area contributed by atoms with Gasteiger partial charge < -0.3 is 19.4 Å². The number of aromatic nitrogens is 4. The summed E-state index contributed by atoms with van der Waals surface area (Å²) in [6, 6.07) is 16.4. The van der Waals surface area contributed by atoms with Gasteiger partial charge in [0.2, 0.25) is 0 Å². The highest BCUT2D eigenvalue weighted by Gasteiger charge is 2.40. The molecule has 1 aliphatic carbocycles. The van der Waals surface area contributed by atoms with Gasteiger partial charge in [-0.15, -0.1) is 0 Å². The molecule has 1 saturated carbocycles. The maximum atomic E-state index is 13.1. The van der Waals surface area contributed by atoms with Crippen molar-refractivity contribution in [3.63, 3.8) is 0 Å². The zero-order valence-corrected chi connectivity index (χ0v) is 29.2. The van der Waals surface area contributed by atoms with Crippen LogP contribution in [0.25, 0.3) is 33.6 Å². The van der Waals surface area contributed by atoms with E-state index in [-0.39, 0.29) is 24.3 Å². The number of aromatic amines is 2. The third-order valence-corrected chi connectivity index (χ3v) is 9.18. The van der Waals surface area contributed by atoms with E-state index in [4.69, 9.17) is 14.5 Å². The highest BCUT2D eigenvalue weighted by Crippen LogP contribution is 2.43. The first-order valence-electron chi connectivity index (χ1n) is 17.3. The van der Waals surface area contributed by atoms with E-state index in [0.29, 0.717) is 19.0 Å². The van der Waals surface area contributed by atoms with Crippen LogP contribution < -0.4 is 0 Å². The molecule has 10 nitrogen and oxygen atoms in total. The monoisotopic (exact) mass is 662 g/mol. The van der Waals surface area contributed by atoms with Crippen molar-refractivity contribution in [1.29, 1.82) is 0 Å². The smallest absolute Gasteiger partial charge is 0.411 e. The van der Waals surface area contributed by atoms with Crippen LogP contribution in [0.5, 0.6) is 0 Å². The van der Waals surface area contributed by atoms with Crippen molar-refractivity contribution in [2.75, 3.05) is 13.1 Å². The fourth-order valence-corrected chi connectivity index (χ4v) is 6.65. The molecule has 4 aromatic rings. The first kappa shape index (κ1) is 32.7. The molecule has 2 aromatic heterocycles. The van der Waals surface area contributed by atoms with Crippen LogP contribution in [0.4, 0.5) is 9.59 Å². The van der Waals surface area contributed by atoms with Gasteiger partial charge in [0, 0.05) is 13.1 Å². The van der Waals surface area contributed by atoms with Crippen molar-refractivity contribution in [2.45, 2.75) is 90.5 Å². The molecule has 7 rings (SSSR count). The Morgan fingerprint density at radius 3 is 1.71 bits per heavy atom. The Hall–Kier alpha value is -4.86. The predicted octanol–water partition coefficient (Wildman–Crippen LogP) is 8.83. The topological polar surface area (TPSA) is 116 Å². The predicted molar refractivity (Wildman–Crippen MR) is 188 cm³/mol. The summed E-state index contributed by atoms with van der Waals surface area (Å²) in [5.74, 6) is 2.09. The molecule has 0 radical (unpaired) electrons. The summed E-state index contributed by atoms with van der Waals surface area (Å²) in [4.78, 5) is 45.8. The molecule has 2 fully saturated rings. The molecule has 256 valence electrons. The highest BCUT2D eigenvalue weighted by atomic mass is 16.6. The first-order valence-corrected chi connectivity index (χ1v) is 17.3. The van der Waals surface area contributed by atoms with E-state index >= 15 is 0 Å². The van der Waals surface area contributed by atoms with Gasteiger partial charge in [-0.1, -0.05) is 54.6 Å². The number of benzene rings is 2. The molecule has 49 heavy (non-hydrogen) atoms. The van der Waals surface area contributed by atoms with Crippen LogP contribution in [0.15, 0.2) is 72.6 Å². The third-order valence-electron chi connectivity index (χ3n) is 9.18. The van der Waals surface area contributed by atoms with Gasteiger partial charge in [-0.3, -0.25) is 9.80 Å². The fourth-order valence-electron chi connectivity index (χ4n) is 6.65. The molecule has 2 N–H and O–H groups in total. The van der Waals surface area contributed by atoms with E-state index in [1.54, 1.807) is 9.80 Å². The molecule has 1 unspecified atom stereocenters. The quantitative estimate of drug-likeness (QED) is 0.199. The Balaban J connectivity index is 1.03. The summed E-state index contributed by atoms with van der Waals surface area (Å²) in [6.45, 7) is 12.6. The lowest BCUT2D eigenvalue weighted by atomic mass is 10.0. The number of hydrogen-bond acceptors (Lipinski definition) is 6. The van der Waals surface area contributed by atoms with Crippen molar-refractivity contribution in [1.82, 2.24) is 29.7 Å². The average Bonchev–Trinajstić information content (AvgIpc) is 3.50. The second-order valence-corrected chi connectivity index (χ2v) is 15.4. The summed E-state index contributed by atoms with van der Waals surface area (Å²) in [5, 5.41) is 0. The normalized spacial score (nSPS) is 19.7. The van der Waals surface area contributed by atoms with Gasteiger partial charge in [0.1, 0.15) is 28.9 Å². The van der Waals surface area contributed by atoms with Gasteiger partial charge in [-0.25, -0.2) is 19.6 Å². The molecular weight excluding hydrogens is 616 g/mol. The van der Waals surface area contributed by atoms with Crippen LogP contribution >= 0.6 is 0 Å². The number of carbonyl (C=O) groups is 2. The van der Waals surface area contributed by atoms with Crippen LogP contribution in [0.1, 0.15) is 91.0 Å². The Morgan fingerprint density at radius 1 is 0.694 bits per heavy atom. The lowest BCUT2D eigenvalue weighted by Crippen LogP contribution is -2.37. The van der Waals surface area contributed by atoms with Crippen molar-refractivity contribution >= 4 is 12.2 Å². The number of likely N-dealkylation sites (tertiary alicyclic amines) is 1. The largest absolute Gasteiger partial charge is 0.444 e. The molecule has 1 saturated heterocycles. The van der Waals surface area contributed by atoms with Gasteiger partial charge >= 0.3 is 12.2 Å². The highest BCUT2D eigenvalue weighted by molar-refractivity contribution is 5.73. The fraction of sp³-hybridized carbons (Fsp3) is 0.436. The van der Waals surface area contributed by atoms with E-state index in [9.17, 15) is 9.59 Å². The van der Waals surface area contributed by atoms with Crippen LogP contribution in [0, 0.1) is 5.92 Å². The Morgan fingerprint density at radius 2 is 1.18 bits per heavy atom. The average molecular weight is 663 g/mol. The standard InChI is InChI=1S/C39H46N6O4/c1-38(2,3)48-36(46)44-19-7-8-32(44)34-40-21-30(42-34)27-15-11-24(12-16-27)25-13-17-28(18-14-25)31-22-41-35(43-31)33-20-29(26-9-10-26)23-45(33)37(47)49-39(4,5)6/h11-18,20-22,26,32-33H,7-10,19,23H2,1-6H3,(H,40,42)(H,41,43)/t32-,33?/m0/s1. The lowest BCUT2D eigenvalue weighted by Gasteiger charge is -2.28. The van der Waals surface area contributed by atoms with Crippen molar-refractivity contribution in [3.8, 4) is 33.6 Å². The molecule has 0 spiro atoms. The first-order chi connectivity index (χ1) is 23.3. The summed E-state index contributed by atoms with van der Waals surface area (Å²) >= 11 is 0. The molecule has 0 bridgehead atoms. The molecule has 4 heterocycles. The van der Waals surface area contributed by atoms with E-state index in [1.807, 2.05) is 53.9 Å². The van der Waals surface area contributed by atoms with Crippen molar-refractivity contribution in [3.05, 3.63) is 84.2 Å². The van der Waals surface area contributed by atoms with Gasteiger partial charge in [0.25, 0.3) is 0 Å². The van der Waals surface area contributed by atoms with Crippen LogP contribution in [0.3, 0.4) is 0 Å². The van der Waals surface area contributed by atoms with Gasteiger partial charge in [-0.05, 0) is 101 Å².